The third kappa shape index (κ3) is 4.74. The summed E-state index contributed by atoms with van der Waals surface area (Å²) < 4.78 is 51.7. The Morgan fingerprint density at radius 2 is 2.07 bits per heavy atom. The minimum absolute atomic E-state index is 0.0217. The number of hydrogen-bond donors (Lipinski definition) is 2. The van der Waals surface area contributed by atoms with Crippen LogP contribution in [0.5, 0.6) is 5.75 Å². The number of nitrogens with two attached hydrogens (primary N) is 1. The second-order valence-corrected chi connectivity index (χ2v) is 10.5. The van der Waals surface area contributed by atoms with Crippen molar-refractivity contribution in [2.45, 2.75) is 30.2 Å². The fourth-order valence-corrected chi connectivity index (χ4v) is 5.58. The molecule has 0 unspecified atom stereocenters. The zero-order chi connectivity index (χ0) is 21.4. The molecule has 29 heavy (non-hydrogen) atoms. The number of sulfonamides is 1. The number of carbonyl (C=O) groups excluding carboxylic acids is 2. The lowest BCUT2D eigenvalue weighted by atomic mass is 10.1. The van der Waals surface area contributed by atoms with Crippen LogP contribution in [-0.4, -0.2) is 64.0 Å². The lowest BCUT2D eigenvalue weighted by Crippen LogP contribution is -2.42. The van der Waals surface area contributed by atoms with Gasteiger partial charge in [-0.25, -0.2) is 27.0 Å². The molecule has 13 heteroatoms. The smallest absolute Gasteiger partial charge is 0.271 e. The number of amides is 2. The number of rotatable bonds is 5. The van der Waals surface area contributed by atoms with E-state index in [1.807, 2.05) is 0 Å². The number of nitrogens with zero attached hydrogens (tertiary/aromatic N) is 2. The van der Waals surface area contributed by atoms with Crippen molar-refractivity contribution < 1.29 is 31.2 Å². The summed E-state index contributed by atoms with van der Waals surface area (Å²) in [5.74, 6) is -1.16. The first-order valence-corrected chi connectivity index (χ1v) is 12.0. The predicted molar refractivity (Wildman–Crippen MR) is 104 cm³/mol. The largest absolute Gasteiger partial charge is 0.495 e. The number of hydrogen-bond acceptors (Lipinski definition) is 8. The van der Waals surface area contributed by atoms with Gasteiger partial charge in [-0.2, -0.15) is 5.10 Å². The Morgan fingerprint density at radius 3 is 2.66 bits per heavy atom. The van der Waals surface area contributed by atoms with Crippen LogP contribution in [0.15, 0.2) is 28.2 Å². The Hall–Kier alpha value is -2.51. The molecule has 0 aromatic heterocycles. The first-order valence-electron chi connectivity index (χ1n) is 8.62. The molecular weight excluding hydrogens is 424 g/mol. The summed E-state index contributed by atoms with van der Waals surface area (Å²) >= 11 is 0. The average Bonchev–Trinajstić information content (AvgIpc) is 3.01. The van der Waals surface area contributed by atoms with Gasteiger partial charge in [-0.3, -0.25) is 9.59 Å². The van der Waals surface area contributed by atoms with Gasteiger partial charge in [0.15, 0.2) is 9.84 Å². The van der Waals surface area contributed by atoms with Crippen molar-refractivity contribution >= 4 is 43.1 Å². The summed E-state index contributed by atoms with van der Waals surface area (Å²) in [6.45, 7) is 0. The first-order chi connectivity index (χ1) is 13.5. The molecule has 1 aromatic carbocycles. The molecule has 0 saturated carbocycles. The highest BCUT2D eigenvalue weighted by Gasteiger charge is 2.37. The summed E-state index contributed by atoms with van der Waals surface area (Å²) in [5, 5.41) is 12.8. The number of ether oxygens (including phenoxy) is 1. The summed E-state index contributed by atoms with van der Waals surface area (Å²) in [4.78, 5) is 24.4. The van der Waals surface area contributed by atoms with E-state index in [-0.39, 0.29) is 58.7 Å². The van der Waals surface area contributed by atoms with Crippen molar-refractivity contribution in [1.29, 1.82) is 0 Å². The number of benzene rings is 1. The van der Waals surface area contributed by atoms with Gasteiger partial charge in [-0.1, -0.05) is 0 Å². The first kappa shape index (κ1) is 21.2. The second-order valence-electron chi connectivity index (χ2n) is 6.71. The third-order valence-corrected chi connectivity index (χ3v) is 7.29. The number of hydrazone groups is 1. The van der Waals surface area contributed by atoms with Crippen LogP contribution < -0.4 is 15.2 Å². The number of primary sulfonamides is 1. The Balaban J connectivity index is 1.82. The molecular formula is C16H20N4O7S2. The van der Waals surface area contributed by atoms with Crippen LogP contribution in [0.2, 0.25) is 0 Å². The second kappa shape index (κ2) is 7.72. The molecule has 3 N–H and O–H groups in total. The Labute approximate surface area is 167 Å². The molecule has 1 atom stereocenters. The van der Waals surface area contributed by atoms with E-state index in [4.69, 9.17) is 9.88 Å². The number of carbonyl (C=O) groups is 2. The molecule has 0 spiro atoms. The molecule has 11 nitrogen and oxygen atoms in total. The maximum absolute atomic E-state index is 12.6. The molecule has 2 amide bonds. The van der Waals surface area contributed by atoms with Gasteiger partial charge in [0.25, 0.3) is 5.91 Å². The van der Waals surface area contributed by atoms with E-state index in [9.17, 15) is 26.4 Å². The highest BCUT2D eigenvalue weighted by atomic mass is 32.2. The van der Waals surface area contributed by atoms with E-state index in [1.54, 1.807) is 0 Å². The van der Waals surface area contributed by atoms with Gasteiger partial charge in [0, 0.05) is 18.5 Å². The molecule has 0 radical (unpaired) electrons. The van der Waals surface area contributed by atoms with Gasteiger partial charge in [0.2, 0.25) is 15.9 Å². The Kier molecular flexibility index (Phi) is 5.65. The highest BCUT2D eigenvalue weighted by molar-refractivity contribution is 7.91. The van der Waals surface area contributed by atoms with Crippen molar-refractivity contribution in [1.82, 2.24) is 5.01 Å². The van der Waals surface area contributed by atoms with Crippen molar-refractivity contribution in [3.05, 3.63) is 18.2 Å². The molecule has 2 aliphatic rings. The maximum atomic E-state index is 12.6. The Bertz CT molecular complexity index is 1100. The van der Waals surface area contributed by atoms with Crippen molar-refractivity contribution in [3.8, 4) is 5.75 Å². The average molecular weight is 444 g/mol. The van der Waals surface area contributed by atoms with Gasteiger partial charge in [0.05, 0.1) is 24.7 Å². The molecule has 0 bridgehead atoms. The lowest BCUT2D eigenvalue weighted by Gasteiger charge is -2.27. The van der Waals surface area contributed by atoms with Gasteiger partial charge >= 0.3 is 0 Å². The fraction of sp³-hybridized carbons (Fsp3) is 0.438. The highest BCUT2D eigenvalue weighted by Crippen LogP contribution is 2.27. The van der Waals surface area contributed by atoms with E-state index < -0.39 is 31.8 Å². The zero-order valence-electron chi connectivity index (χ0n) is 15.5. The minimum atomic E-state index is -4.08. The van der Waals surface area contributed by atoms with Crippen LogP contribution in [0.1, 0.15) is 19.3 Å². The summed E-state index contributed by atoms with van der Waals surface area (Å²) in [6, 6.07) is 3.34. The lowest BCUT2D eigenvalue weighted by molar-refractivity contribution is -0.133. The zero-order valence-corrected chi connectivity index (χ0v) is 17.1. The minimum Gasteiger partial charge on any atom is -0.495 e. The van der Waals surface area contributed by atoms with Crippen LogP contribution in [0, 0.1) is 0 Å². The normalized spacial score (nSPS) is 21.6. The molecule has 2 aliphatic heterocycles. The van der Waals surface area contributed by atoms with Crippen LogP contribution in [-0.2, 0) is 29.4 Å². The number of nitrogens with one attached hydrogen (secondary N) is 1. The number of methoxy groups -OCH3 is 1. The molecule has 3 rings (SSSR count). The monoisotopic (exact) mass is 444 g/mol. The van der Waals surface area contributed by atoms with Crippen molar-refractivity contribution in [2.24, 2.45) is 10.2 Å². The van der Waals surface area contributed by atoms with Crippen LogP contribution in [0.25, 0.3) is 0 Å². The SMILES string of the molecule is COc1ccc(NC(=O)C2=NN([C@H]3CCS(=O)(=O)C3)C(=O)CC2)cc1S(N)(=O)=O. The molecule has 158 valence electrons. The number of sulfone groups is 1. The summed E-state index contributed by atoms with van der Waals surface area (Å²) in [7, 11) is -6.02. The van der Waals surface area contributed by atoms with Gasteiger partial charge < -0.3 is 10.1 Å². The Morgan fingerprint density at radius 1 is 1.34 bits per heavy atom. The van der Waals surface area contributed by atoms with Gasteiger partial charge in [-0.15, -0.1) is 0 Å². The number of anilines is 1. The summed E-state index contributed by atoms with van der Waals surface area (Å²) in [6.07, 6.45) is 0.370. The third-order valence-electron chi connectivity index (χ3n) is 4.60. The molecule has 1 fully saturated rings. The molecule has 2 heterocycles. The van der Waals surface area contributed by atoms with Gasteiger partial charge in [-0.05, 0) is 24.6 Å². The standard InChI is InChI=1S/C16H20N4O7S2/c1-27-13-4-2-10(8-14(13)29(17,25)26)18-16(22)12-3-5-15(21)20(19-12)11-6-7-28(23,24)9-11/h2,4,8,11H,3,5-7,9H2,1H3,(H,18,22)(H2,17,25,26)/t11-/m0/s1. The maximum Gasteiger partial charge on any atom is 0.271 e. The van der Waals surface area contributed by atoms with E-state index in [0.29, 0.717) is 0 Å². The van der Waals surface area contributed by atoms with Crippen LogP contribution in [0.3, 0.4) is 0 Å². The van der Waals surface area contributed by atoms with E-state index in [1.165, 1.54) is 19.2 Å². The van der Waals surface area contributed by atoms with E-state index in [2.05, 4.69) is 10.4 Å². The van der Waals surface area contributed by atoms with E-state index in [0.717, 1.165) is 11.1 Å². The molecule has 0 aliphatic carbocycles. The topological polar surface area (TPSA) is 165 Å². The quantitative estimate of drug-likeness (QED) is 0.614. The van der Waals surface area contributed by atoms with Gasteiger partial charge in [0.1, 0.15) is 16.4 Å². The molecule has 1 saturated heterocycles. The van der Waals surface area contributed by atoms with Crippen molar-refractivity contribution in [3.63, 3.8) is 0 Å². The van der Waals surface area contributed by atoms with Crippen LogP contribution >= 0.6 is 0 Å². The predicted octanol–water partition coefficient (Wildman–Crippen LogP) is -0.553. The van der Waals surface area contributed by atoms with E-state index >= 15 is 0 Å². The van der Waals surface area contributed by atoms with Crippen molar-refractivity contribution in [2.75, 3.05) is 23.9 Å². The summed E-state index contributed by atoms with van der Waals surface area (Å²) in [5.41, 5.74) is 0.191. The van der Waals surface area contributed by atoms with Crippen LogP contribution in [0.4, 0.5) is 5.69 Å². The fourth-order valence-electron chi connectivity index (χ4n) is 3.17. The molecule has 1 aromatic rings.